The summed E-state index contributed by atoms with van der Waals surface area (Å²) in [7, 11) is 1.99. The van der Waals surface area contributed by atoms with E-state index in [-0.39, 0.29) is 23.4 Å². The van der Waals surface area contributed by atoms with Crippen LogP contribution in [0.25, 0.3) is 16.9 Å². The summed E-state index contributed by atoms with van der Waals surface area (Å²) >= 11 is 3.41. The number of fused-ring (bicyclic) bond motifs is 1. The molecule has 4 aromatic rings. The van der Waals surface area contributed by atoms with E-state index < -0.39 is 17.6 Å². The molecule has 1 aromatic carbocycles. The van der Waals surface area contributed by atoms with E-state index in [1.807, 2.05) is 11.9 Å². The van der Waals surface area contributed by atoms with E-state index in [9.17, 15) is 18.0 Å². The molecule has 0 aliphatic carbocycles. The molecule has 1 saturated heterocycles. The molecule has 3 aromatic heterocycles. The second-order valence-electron chi connectivity index (χ2n) is 9.49. The Bertz CT molecular complexity index is 1630. The van der Waals surface area contributed by atoms with E-state index in [1.54, 1.807) is 23.2 Å². The number of terminal acetylenes is 1. The standard InChI is InChI=1S/C28H23BrF3N7O/c1-3-18-10-20(17-39(15-18)25-14-34-24-13-33-12-23(29)26(24)36-25)27(40)35-21-5-4-19(22(11-21)28(30,31)32)16-38-8-6-37(2)7-9-38/h1,4-5,10-15,17H,6-9,16H2,2H3/p+1. The van der Waals surface area contributed by atoms with Gasteiger partial charge in [0, 0.05) is 44.6 Å². The Labute approximate surface area is 237 Å². The van der Waals surface area contributed by atoms with Crippen LogP contribution in [0.1, 0.15) is 27.0 Å². The van der Waals surface area contributed by atoms with Crippen molar-refractivity contribution in [2.75, 3.05) is 38.5 Å². The Morgan fingerprint density at radius 1 is 1.15 bits per heavy atom. The van der Waals surface area contributed by atoms with E-state index in [0.29, 0.717) is 40.0 Å². The zero-order valence-corrected chi connectivity index (χ0v) is 23.0. The molecular formula is C28H24BrF3N7O+. The summed E-state index contributed by atoms with van der Waals surface area (Å²) in [5.74, 6) is 2.26. The van der Waals surface area contributed by atoms with Crippen LogP contribution in [-0.2, 0) is 12.7 Å². The van der Waals surface area contributed by atoms with Crippen molar-refractivity contribution in [2.45, 2.75) is 12.7 Å². The number of pyridine rings is 2. The van der Waals surface area contributed by atoms with Crippen molar-refractivity contribution in [3.8, 4) is 18.2 Å². The maximum atomic E-state index is 14.0. The minimum absolute atomic E-state index is 0.0269. The Morgan fingerprint density at radius 3 is 2.65 bits per heavy atom. The molecule has 0 radical (unpaired) electrons. The number of nitrogens with one attached hydrogen (secondary N) is 1. The van der Waals surface area contributed by atoms with Crippen LogP contribution in [0.3, 0.4) is 0 Å². The lowest BCUT2D eigenvalue weighted by atomic mass is 10.0. The minimum Gasteiger partial charge on any atom is -0.322 e. The normalized spacial score (nSPS) is 14.7. The van der Waals surface area contributed by atoms with Gasteiger partial charge < -0.3 is 10.2 Å². The first-order chi connectivity index (χ1) is 19.1. The van der Waals surface area contributed by atoms with Crippen molar-refractivity contribution in [2.24, 2.45) is 0 Å². The third-order valence-corrected chi connectivity index (χ3v) is 7.20. The molecule has 1 aliphatic rings. The molecule has 5 rings (SSSR count). The largest absolute Gasteiger partial charge is 0.416 e. The molecule has 0 bridgehead atoms. The van der Waals surface area contributed by atoms with Crippen molar-refractivity contribution in [1.82, 2.24) is 24.8 Å². The van der Waals surface area contributed by atoms with E-state index in [1.165, 1.54) is 30.6 Å². The van der Waals surface area contributed by atoms with Gasteiger partial charge in [0.15, 0.2) is 0 Å². The molecule has 8 nitrogen and oxygen atoms in total. The molecule has 0 spiro atoms. The van der Waals surface area contributed by atoms with Gasteiger partial charge in [-0.15, -0.1) is 6.42 Å². The number of carbonyl (C=O) groups is 1. The highest BCUT2D eigenvalue weighted by Crippen LogP contribution is 2.34. The molecule has 0 unspecified atom stereocenters. The van der Waals surface area contributed by atoms with Crippen molar-refractivity contribution in [1.29, 1.82) is 0 Å². The summed E-state index contributed by atoms with van der Waals surface area (Å²) in [6.07, 6.45) is 8.82. The Balaban J connectivity index is 1.42. The van der Waals surface area contributed by atoms with E-state index >= 15 is 0 Å². The number of alkyl halides is 3. The summed E-state index contributed by atoms with van der Waals surface area (Å²) < 4.78 is 44.2. The molecule has 204 valence electrons. The van der Waals surface area contributed by atoms with E-state index in [2.05, 4.69) is 47.0 Å². The van der Waals surface area contributed by atoms with E-state index in [0.717, 1.165) is 19.2 Å². The molecule has 0 saturated carbocycles. The van der Waals surface area contributed by atoms with Gasteiger partial charge in [0.1, 0.15) is 24.1 Å². The second kappa shape index (κ2) is 11.3. The zero-order chi connectivity index (χ0) is 28.4. The highest BCUT2D eigenvalue weighted by Gasteiger charge is 2.34. The van der Waals surface area contributed by atoms with Crippen molar-refractivity contribution < 1.29 is 22.5 Å². The van der Waals surface area contributed by atoms with Crippen molar-refractivity contribution in [3.63, 3.8) is 0 Å². The Hall–Kier alpha value is -3.92. The van der Waals surface area contributed by atoms with Crippen LogP contribution in [0.2, 0.25) is 0 Å². The number of anilines is 1. The van der Waals surface area contributed by atoms with E-state index in [4.69, 9.17) is 6.42 Å². The maximum Gasteiger partial charge on any atom is 0.416 e. The Kier molecular flexibility index (Phi) is 7.80. The van der Waals surface area contributed by atoms with Gasteiger partial charge >= 0.3 is 12.0 Å². The molecule has 1 fully saturated rings. The van der Waals surface area contributed by atoms with Crippen LogP contribution in [0.4, 0.5) is 18.9 Å². The molecule has 40 heavy (non-hydrogen) atoms. The quantitative estimate of drug-likeness (QED) is 0.271. The number of carbonyl (C=O) groups excluding carboxylic acids is 1. The molecule has 4 heterocycles. The predicted octanol–water partition coefficient (Wildman–Crippen LogP) is 4.06. The fraction of sp³-hybridized carbons (Fsp3) is 0.250. The first-order valence-corrected chi connectivity index (χ1v) is 13.1. The topological polar surface area (TPSA) is 78.1 Å². The fourth-order valence-corrected chi connectivity index (χ4v) is 4.85. The van der Waals surface area contributed by atoms with Crippen LogP contribution in [-0.4, -0.2) is 63.9 Å². The smallest absolute Gasteiger partial charge is 0.322 e. The van der Waals surface area contributed by atoms with Crippen molar-refractivity contribution in [3.05, 3.63) is 82.0 Å². The summed E-state index contributed by atoms with van der Waals surface area (Å²) in [5, 5.41) is 2.58. The number of piperazine rings is 1. The summed E-state index contributed by atoms with van der Waals surface area (Å²) in [4.78, 5) is 30.3. The number of halogens is 4. The Morgan fingerprint density at radius 2 is 1.93 bits per heavy atom. The highest BCUT2D eigenvalue weighted by atomic mass is 79.9. The average molecular weight is 611 g/mol. The summed E-state index contributed by atoms with van der Waals surface area (Å²) in [6.45, 7) is 3.15. The SMILES string of the molecule is C#Cc1cc(C(=O)Nc2ccc(CN3CCN(C)CC3)c(C(F)(F)F)c2)c[n+](-c2cnc3cncc(Br)c3n2)c1. The highest BCUT2D eigenvalue weighted by molar-refractivity contribution is 9.10. The molecule has 0 atom stereocenters. The average Bonchev–Trinajstić information content (AvgIpc) is 2.94. The van der Waals surface area contributed by atoms with Gasteiger partial charge in [-0.25, -0.2) is 4.98 Å². The number of amides is 1. The minimum atomic E-state index is -4.58. The van der Waals surface area contributed by atoms with Gasteiger partial charge in [0.05, 0.1) is 27.4 Å². The predicted molar refractivity (Wildman–Crippen MR) is 147 cm³/mol. The molecule has 1 amide bonds. The van der Waals surface area contributed by atoms with Crippen LogP contribution < -0.4 is 9.88 Å². The third kappa shape index (κ3) is 6.12. The summed E-state index contributed by atoms with van der Waals surface area (Å²) in [5.41, 5.74) is 1.07. The molecule has 1 N–H and O–H groups in total. The van der Waals surface area contributed by atoms with Crippen molar-refractivity contribution >= 4 is 38.6 Å². The lowest BCUT2D eigenvalue weighted by molar-refractivity contribution is -0.600. The lowest BCUT2D eigenvalue weighted by Gasteiger charge is -2.33. The van der Waals surface area contributed by atoms with Gasteiger partial charge in [-0.05, 0) is 51.7 Å². The number of rotatable bonds is 5. The summed E-state index contributed by atoms with van der Waals surface area (Å²) in [6, 6.07) is 5.36. The monoisotopic (exact) mass is 610 g/mol. The number of aromatic nitrogens is 4. The van der Waals surface area contributed by atoms with Crippen LogP contribution >= 0.6 is 15.9 Å². The van der Waals surface area contributed by atoms with Crippen LogP contribution in [0.15, 0.2) is 59.7 Å². The zero-order valence-electron chi connectivity index (χ0n) is 21.4. The number of nitrogens with zero attached hydrogens (tertiary/aromatic N) is 6. The van der Waals surface area contributed by atoms with Gasteiger partial charge in [-0.1, -0.05) is 12.0 Å². The first-order valence-electron chi connectivity index (χ1n) is 12.3. The van der Waals surface area contributed by atoms with Gasteiger partial charge in [-0.2, -0.15) is 17.7 Å². The van der Waals surface area contributed by atoms with Gasteiger partial charge in [0.25, 0.3) is 5.91 Å². The first kappa shape index (κ1) is 27.6. The third-order valence-electron chi connectivity index (χ3n) is 6.62. The van der Waals surface area contributed by atoms with Gasteiger partial charge in [-0.3, -0.25) is 14.7 Å². The number of hydrogen-bond acceptors (Lipinski definition) is 6. The second-order valence-corrected chi connectivity index (χ2v) is 10.3. The van der Waals surface area contributed by atoms with Crippen LogP contribution in [0.5, 0.6) is 0 Å². The van der Waals surface area contributed by atoms with Gasteiger partial charge in [0.2, 0.25) is 5.52 Å². The fourth-order valence-electron chi connectivity index (χ4n) is 4.44. The lowest BCUT2D eigenvalue weighted by Crippen LogP contribution is -2.44. The van der Waals surface area contributed by atoms with Crippen LogP contribution in [0, 0.1) is 12.3 Å². The number of likely N-dealkylation sites (N-methyl/N-ethyl adjacent to an activating group) is 1. The number of hydrogen-bond donors (Lipinski definition) is 1. The number of benzene rings is 1. The maximum absolute atomic E-state index is 14.0. The molecule has 1 aliphatic heterocycles. The molecule has 12 heteroatoms. The molecular weight excluding hydrogens is 587 g/mol.